The molecule has 1 aliphatic heterocycles. The monoisotopic (exact) mass is 472 g/mol. The van der Waals surface area contributed by atoms with Crippen molar-refractivity contribution in [2.24, 2.45) is 5.92 Å². The van der Waals surface area contributed by atoms with Crippen molar-refractivity contribution in [1.82, 2.24) is 10.2 Å². The molecule has 2 unspecified atom stereocenters. The Morgan fingerprint density at radius 2 is 2.00 bits per heavy atom. The quantitative estimate of drug-likeness (QED) is 0.413. The van der Waals surface area contributed by atoms with Crippen LogP contribution in [-0.4, -0.2) is 70.2 Å². The minimum atomic E-state index is -3.79. The number of urea groups is 1. The van der Waals surface area contributed by atoms with E-state index >= 15 is 0 Å². The van der Waals surface area contributed by atoms with Gasteiger partial charge in [0.1, 0.15) is 6.04 Å². The number of nitrogens with one attached hydrogen (secondary N) is 1. The van der Waals surface area contributed by atoms with E-state index in [1.165, 1.54) is 19.2 Å². The van der Waals surface area contributed by atoms with Crippen molar-refractivity contribution in [1.29, 1.82) is 0 Å². The molecular formula is C21H32N2O6S2. The van der Waals surface area contributed by atoms with Crippen LogP contribution in [0.1, 0.15) is 31.2 Å². The lowest BCUT2D eigenvalue weighted by atomic mass is 9.95. The first-order valence-electron chi connectivity index (χ1n) is 10.3. The van der Waals surface area contributed by atoms with Gasteiger partial charge >= 0.3 is 12.0 Å². The molecule has 174 valence electrons. The number of methoxy groups -OCH3 is 1. The van der Waals surface area contributed by atoms with Crippen LogP contribution < -0.4 is 5.32 Å². The Morgan fingerprint density at radius 1 is 1.29 bits per heavy atom. The Labute approximate surface area is 189 Å². The van der Waals surface area contributed by atoms with E-state index in [1.807, 2.05) is 13.2 Å². The van der Waals surface area contributed by atoms with Gasteiger partial charge in [0.15, 0.2) is 0 Å². The third kappa shape index (κ3) is 8.01. The van der Waals surface area contributed by atoms with Crippen LogP contribution in [0.5, 0.6) is 0 Å². The van der Waals surface area contributed by atoms with Gasteiger partial charge in [-0.15, -0.1) is 0 Å². The zero-order valence-electron chi connectivity index (χ0n) is 18.3. The molecule has 1 N–H and O–H groups in total. The number of hydrogen-bond acceptors (Lipinski definition) is 7. The summed E-state index contributed by atoms with van der Waals surface area (Å²) >= 11 is 1.60. The average Bonchev–Trinajstić information content (AvgIpc) is 2.76. The molecular weight excluding hydrogens is 440 g/mol. The fourth-order valence-electron chi connectivity index (χ4n) is 3.45. The predicted octanol–water partition coefficient (Wildman–Crippen LogP) is 2.81. The van der Waals surface area contributed by atoms with Gasteiger partial charge in [-0.05, 0) is 62.7 Å². The van der Waals surface area contributed by atoms with E-state index in [9.17, 15) is 18.0 Å². The summed E-state index contributed by atoms with van der Waals surface area (Å²) in [7, 11) is -2.48. The van der Waals surface area contributed by atoms with Crippen molar-refractivity contribution in [2.45, 2.75) is 43.5 Å². The van der Waals surface area contributed by atoms with Crippen LogP contribution in [0, 0.1) is 12.8 Å². The first kappa shape index (κ1) is 25.5. The van der Waals surface area contributed by atoms with E-state index in [2.05, 4.69) is 5.32 Å². The van der Waals surface area contributed by atoms with Gasteiger partial charge in [0.2, 0.25) is 0 Å². The summed E-state index contributed by atoms with van der Waals surface area (Å²) in [6.45, 7) is 3.05. The first-order valence-corrected chi connectivity index (χ1v) is 13.2. The number of hydrogen-bond donors (Lipinski definition) is 1. The van der Waals surface area contributed by atoms with Crippen molar-refractivity contribution in [3.8, 4) is 0 Å². The second kappa shape index (κ2) is 12.3. The Kier molecular flexibility index (Phi) is 10.1. The van der Waals surface area contributed by atoms with Gasteiger partial charge in [-0.3, -0.25) is 4.18 Å². The topological polar surface area (TPSA) is 102 Å². The van der Waals surface area contributed by atoms with Crippen molar-refractivity contribution in [2.75, 3.05) is 38.8 Å². The molecule has 1 heterocycles. The zero-order valence-corrected chi connectivity index (χ0v) is 20.0. The highest BCUT2D eigenvalue weighted by Gasteiger charge is 2.28. The van der Waals surface area contributed by atoms with Gasteiger partial charge in [-0.1, -0.05) is 17.7 Å². The van der Waals surface area contributed by atoms with E-state index in [0.717, 1.165) is 24.2 Å². The largest absolute Gasteiger partial charge is 0.467 e. The maximum atomic E-state index is 12.7. The Bertz CT molecular complexity index is 829. The van der Waals surface area contributed by atoms with Crippen LogP contribution in [0.15, 0.2) is 29.2 Å². The second-order valence-corrected chi connectivity index (χ2v) is 10.2. The zero-order chi connectivity index (χ0) is 22.9. The van der Waals surface area contributed by atoms with Crippen LogP contribution in [0.2, 0.25) is 0 Å². The van der Waals surface area contributed by atoms with Crippen molar-refractivity contribution < 1.29 is 26.9 Å². The summed E-state index contributed by atoms with van der Waals surface area (Å²) in [5.41, 5.74) is 0.974. The second-order valence-electron chi connectivity index (χ2n) is 7.64. The number of nitrogens with zero attached hydrogens (tertiary/aromatic N) is 1. The number of benzene rings is 1. The molecule has 0 aliphatic carbocycles. The van der Waals surface area contributed by atoms with Gasteiger partial charge < -0.3 is 15.0 Å². The molecule has 2 amide bonds. The standard InChI is InChI=1S/C21H32N2O6S2/c1-16-6-8-18(9-7-16)31(26,27)29-13-10-17-5-4-12-23(15-17)21(25)22-19(11-14-30-3)20(24)28-2/h6-9,17,19H,4-5,10-15H2,1-3H3,(H,22,25). The summed E-state index contributed by atoms with van der Waals surface area (Å²) < 4.78 is 34.6. The number of thioether (sulfide) groups is 1. The lowest BCUT2D eigenvalue weighted by Crippen LogP contribution is -2.51. The fraction of sp³-hybridized carbons (Fsp3) is 0.619. The number of likely N-dealkylation sites (tertiary alicyclic amines) is 1. The van der Waals surface area contributed by atoms with Crippen LogP contribution in [0.4, 0.5) is 4.79 Å². The summed E-state index contributed by atoms with van der Waals surface area (Å²) in [6, 6.07) is 5.56. The van der Waals surface area contributed by atoms with E-state index < -0.39 is 22.1 Å². The maximum Gasteiger partial charge on any atom is 0.328 e. The van der Waals surface area contributed by atoms with Crippen LogP contribution in [-0.2, 0) is 23.8 Å². The molecule has 1 fully saturated rings. The molecule has 0 spiro atoms. The van der Waals surface area contributed by atoms with Crippen LogP contribution in [0.25, 0.3) is 0 Å². The van der Waals surface area contributed by atoms with Crippen molar-refractivity contribution in [3.63, 3.8) is 0 Å². The number of rotatable bonds is 10. The fourth-order valence-corrected chi connectivity index (χ4v) is 4.84. The molecule has 0 radical (unpaired) electrons. The molecule has 0 saturated carbocycles. The van der Waals surface area contributed by atoms with Crippen LogP contribution >= 0.6 is 11.8 Å². The number of ether oxygens (including phenoxy) is 1. The minimum absolute atomic E-state index is 0.0643. The lowest BCUT2D eigenvalue weighted by Gasteiger charge is -2.33. The number of aryl methyl sites for hydroxylation is 1. The number of carbonyl (C=O) groups excluding carboxylic acids is 2. The number of esters is 1. The van der Waals surface area contributed by atoms with Crippen molar-refractivity contribution >= 4 is 33.9 Å². The molecule has 1 aliphatic rings. The molecule has 2 atom stereocenters. The number of amides is 2. The van der Waals surface area contributed by atoms with Gasteiger partial charge in [0.25, 0.3) is 10.1 Å². The number of carbonyl (C=O) groups is 2. The molecule has 0 aromatic heterocycles. The summed E-state index contributed by atoms with van der Waals surface area (Å²) in [5, 5.41) is 2.77. The molecule has 1 saturated heterocycles. The molecule has 8 nitrogen and oxygen atoms in total. The van der Waals surface area contributed by atoms with Gasteiger partial charge in [-0.2, -0.15) is 20.2 Å². The molecule has 1 aromatic carbocycles. The summed E-state index contributed by atoms with van der Waals surface area (Å²) in [4.78, 5) is 26.4. The predicted molar refractivity (Wildman–Crippen MR) is 121 cm³/mol. The SMILES string of the molecule is COC(=O)C(CCSC)NC(=O)N1CCCC(CCOS(=O)(=O)c2ccc(C)cc2)C1. The van der Waals surface area contributed by atoms with Crippen molar-refractivity contribution in [3.05, 3.63) is 29.8 Å². The first-order chi connectivity index (χ1) is 14.8. The third-order valence-electron chi connectivity index (χ3n) is 5.27. The smallest absolute Gasteiger partial charge is 0.328 e. The van der Waals surface area contributed by atoms with Gasteiger partial charge in [-0.25, -0.2) is 9.59 Å². The van der Waals surface area contributed by atoms with Gasteiger partial charge in [0, 0.05) is 13.1 Å². The van der Waals surface area contributed by atoms with E-state index in [-0.39, 0.29) is 23.5 Å². The van der Waals surface area contributed by atoms with E-state index in [1.54, 1.807) is 28.8 Å². The van der Waals surface area contributed by atoms with E-state index in [0.29, 0.717) is 25.9 Å². The Hall–Kier alpha value is -1.78. The van der Waals surface area contributed by atoms with E-state index in [4.69, 9.17) is 8.92 Å². The summed E-state index contributed by atoms with van der Waals surface area (Å²) in [5.74, 6) is 0.413. The molecule has 2 rings (SSSR count). The van der Waals surface area contributed by atoms with Crippen LogP contribution in [0.3, 0.4) is 0 Å². The lowest BCUT2D eigenvalue weighted by molar-refractivity contribution is -0.142. The third-order valence-corrected chi connectivity index (χ3v) is 7.24. The number of piperidine rings is 1. The molecule has 0 bridgehead atoms. The Balaban J connectivity index is 1.85. The average molecular weight is 473 g/mol. The van der Waals surface area contributed by atoms with Gasteiger partial charge in [0.05, 0.1) is 18.6 Å². The molecule has 1 aromatic rings. The summed E-state index contributed by atoms with van der Waals surface area (Å²) in [6.07, 6.45) is 4.68. The highest BCUT2D eigenvalue weighted by Crippen LogP contribution is 2.21. The minimum Gasteiger partial charge on any atom is -0.467 e. The Morgan fingerprint density at radius 3 is 2.65 bits per heavy atom. The highest BCUT2D eigenvalue weighted by molar-refractivity contribution is 7.98. The molecule has 10 heteroatoms. The normalized spacial score (nSPS) is 17.8. The maximum absolute atomic E-state index is 12.7. The highest BCUT2D eigenvalue weighted by atomic mass is 32.2. The molecule has 31 heavy (non-hydrogen) atoms.